The second kappa shape index (κ2) is 4.56. The van der Waals surface area contributed by atoms with Crippen molar-refractivity contribution in [3.05, 3.63) is 22.6 Å². The highest BCUT2D eigenvalue weighted by molar-refractivity contribution is 5.75. The molecular formula is C11H14N4O5. The average Bonchev–Trinajstić information content (AvgIpc) is 2.93. The van der Waals surface area contributed by atoms with Gasteiger partial charge in [-0.1, -0.05) is 0 Å². The Balaban J connectivity index is 2.10. The lowest BCUT2D eigenvalue weighted by Crippen LogP contribution is -2.33. The molecule has 4 atom stereocenters. The fourth-order valence-corrected chi connectivity index (χ4v) is 2.42. The maximum Gasteiger partial charge on any atom is 0.276 e. The molecule has 20 heavy (non-hydrogen) atoms. The molecule has 6 N–H and O–H groups in total. The van der Waals surface area contributed by atoms with Crippen LogP contribution in [0.15, 0.2) is 17.1 Å². The number of H-pyrrole nitrogens is 1. The van der Waals surface area contributed by atoms with E-state index in [0.29, 0.717) is 5.52 Å². The lowest BCUT2D eigenvalue weighted by Gasteiger charge is -2.17. The van der Waals surface area contributed by atoms with Crippen molar-refractivity contribution < 1.29 is 20.1 Å². The van der Waals surface area contributed by atoms with Crippen LogP contribution in [0.2, 0.25) is 0 Å². The van der Waals surface area contributed by atoms with E-state index in [0.717, 1.165) is 0 Å². The number of nitrogens with one attached hydrogen (secondary N) is 1. The molecule has 9 heteroatoms. The van der Waals surface area contributed by atoms with Gasteiger partial charge in [0.2, 0.25) is 5.95 Å². The number of nitrogens with two attached hydrogens (primary N) is 1. The number of aromatic nitrogens is 3. The van der Waals surface area contributed by atoms with Gasteiger partial charge in [-0.2, -0.15) is 0 Å². The summed E-state index contributed by atoms with van der Waals surface area (Å²) in [6.45, 7) is -0.435. The van der Waals surface area contributed by atoms with Crippen LogP contribution >= 0.6 is 0 Å². The zero-order valence-electron chi connectivity index (χ0n) is 10.3. The van der Waals surface area contributed by atoms with Gasteiger partial charge in [0.1, 0.15) is 23.8 Å². The van der Waals surface area contributed by atoms with Gasteiger partial charge in [-0.15, -0.1) is 0 Å². The van der Waals surface area contributed by atoms with Crippen LogP contribution in [0.25, 0.3) is 11.0 Å². The van der Waals surface area contributed by atoms with Crippen LogP contribution in [-0.4, -0.2) is 54.8 Å². The molecule has 1 saturated heterocycles. The largest absolute Gasteiger partial charge is 0.394 e. The van der Waals surface area contributed by atoms with E-state index in [4.69, 9.17) is 15.6 Å². The van der Waals surface area contributed by atoms with Crippen LogP contribution in [0.4, 0.5) is 5.95 Å². The fraction of sp³-hybridized carbons (Fsp3) is 0.455. The van der Waals surface area contributed by atoms with Gasteiger partial charge < -0.3 is 30.4 Å². The Morgan fingerprint density at radius 3 is 2.85 bits per heavy atom. The predicted octanol–water partition coefficient (Wildman–Crippen LogP) is -2.08. The third-order valence-corrected chi connectivity index (χ3v) is 3.38. The summed E-state index contributed by atoms with van der Waals surface area (Å²) in [5.74, 6) is -0.0126. The lowest BCUT2D eigenvalue weighted by molar-refractivity contribution is -0.0507. The number of nitrogen functional groups attached to an aromatic ring is 1. The van der Waals surface area contributed by atoms with Crippen molar-refractivity contribution >= 4 is 17.0 Å². The number of fused-ring (bicyclic) bond motifs is 1. The summed E-state index contributed by atoms with van der Waals surface area (Å²) < 4.78 is 6.74. The van der Waals surface area contributed by atoms with E-state index in [2.05, 4.69) is 9.97 Å². The number of ether oxygens (including phenoxy) is 1. The van der Waals surface area contributed by atoms with Crippen molar-refractivity contribution in [2.45, 2.75) is 24.5 Å². The summed E-state index contributed by atoms with van der Waals surface area (Å²) in [5, 5.41) is 28.8. The van der Waals surface area contributed by atoms with E-state index < -0.39 is 36.7 Å². The second-order valence-electron chi connectivity index (χ2n) is 4.64. The molecular weight excluding hydrogens is 268 g/mol. The van der Waals surface area contributed by atoms with Crippen molar-refractivity contribution in [1.82, 2.24) is 14.5 Å². The van der Waals surface area contributed by atoms with E-state index in [1.807, 2.05) is 0 Å². The average molecular weight is 282 g/mol. The highest BCUT2D eigenvalue weighted by Gasteiger charge is 2.43. The maximum absolute atomic E-state index is 11.9. The Morgan fingerprint density at radius 1 is 1.45 bits per heavy atom. The van der Waals surface area contributed by atoms with Crippen molar-refractivity contribution in [3.8, 4) is 0 Å². The number of rotatable bonds is 2. The smallest absolute Gasteiger partial charge is 0.276 e. The minimum Gasteiger partial charge on any atom is -0.394 e. The molecule has 3 rings (SSSR count). The Labute approximate surface area is 112 Å². The van der Waals surface area contributed by atoms with Crippen LogP contribution in [-0.2, 0) is 4.74 Å². The number of hydrogen-bond acceptors (Lipinski definition) is 7. The molecule has 0 bridgehead atoms. The van der Waals surface area contributed by atoms with Gasteiger partial charge in [-0.25, -0.2) is 4.98 Å². The van der Waals surface area contributed by atoms with Gasteiger partial charge in [0.05, 0.1) is 12.1 Å². The van der Waals surface area contributed by atoms with Crippen molar-refractivity contribution in [2.75, 3.05) is 12.3 Å². The van der Waals surface area contributed by atoms with Crippen molar-refractivity contribution in [2.24, 2.45) is 0 Å². The Kier molecular flexibility index (Phi) is 2.98. The molecule has 3 heterocycles. The van der Waals surface area contributed by atoms with Crippen LogP contribution in [0, 0.1) is 0 Å². The molecule has 0 unspecified atom stereocenters. The number of nitrogens with zero attached hydrogens (tertiary/aromatic N) is 2. The molecule has 0 saturated carbocycles. The highest BCUT2D eigenvalue weighted by atomic mass is 16.6. The number of aliphatic hydroxyl groups excluding tert-OH is 3. The molecule has 1 fully saturated rings. The molecule has 9 nitrogen and oxygen atoms in total. The predicted molar refractivity (Wildman–Crippen MR) is 67.8 cm³/mol. The summed E-state index contributed by atoms with van der Waals surface area (Å²) >= 11 is 0. The topological polar surface area (TPSA) is 147 Å². The third-order valence-electron chi connectivity index (χ3n) is 3.38. The van der Waals surface area contributed by atoms with Crippen LogP contribution in [0.5, 0.6) is 0 Å². The molecule has 0 radical (unpaired) electrons. The summed E-state index contributed by atoms with van der Waals surface area (Å²) in [6.07, 6.45) is -2.88. The van der Waals surface area contributed by atoms with E-state index in [-0.39, 0.29) is 11.5 Å². The maximum atomic E-state index is 11.9. The van der Waals surface area contributed by atoms with Gasteiger partial charge in [0, 0.05) is 6.20 Å². The van der Waals surface area contributed by atoms with Crippen LogP contribution in [0.3, 0.4) is 0 Å². The summed E-state index contributed by atoms with van der Waals surface area (Å²) in [5.41, 5.74) is 5.50. The quantitative estimate of drug-likeness (QED) is 0.424. The second-order valence-corrected chi connectivity index (χ2v) is 4.64. The zero-order valence-corrected chi connectivity index (χ0v) is 10.3. The van der Waals surface area contributed by atoms with Gasteiger partial charge in [0.25, 0.3) is 5.56 Å². The zero-order chi connectivity index (χ0) is 14.4. The summed E-state index contributed by atoms with van der Waals surface area (Å²) in [6, 6.07) is 1.55. The number of hydrogen-bond donors (Lipinski definition) is 5. The summed E-state index contributed by atoms with van der Waals surface area (Å²) in [7, 11) is 0. The molecule has 1 aliphatic rings. The van der Waals surface area contributed by atoms with Crippen molar-refractivity contribution in [3.63, 3.8) is 0 Å². The van der Waals surface area contributed by atoms with E-state index in [1.165, 1.54) is 10.8 Å². The van der Waals surface area contributed by atoms with Gasteiger partial charge >= 0.3 is 0 Å². The summed E-state index contributed by atoms with van der Waals surface area (Å²) in [4.78, 5) is 18.3. The minimum absolute atomic E-state index is 0.0126. The Bertz CT molecular complexity index is 696. The number of aliphatic hydroxyl groups is 3. The number of aromatic amines is 1. The first kappa shape index (κ1) is 13.1. The normalized spacial score (nSPS) is 30.1. The van der Waals surface area contributed by atoms with Crippen LogP contribution in [0.1, 0.15) is 6.23 Å². The van der Waals surface area contributed by atoms with Gasteiger partial charge in [0.15, 0.2) is 6.23 Å². The molecule has 108 valence electrons. The first-order chi connectivity index (χ1) is 9.52. The first-order valence-electron chi connectivity index (χ1n) is 6.01. The monoisotopic (exact) mass is 282 g/mol. The molecule has 2 aromatic heterocycles. The van der Waals surface area contributed by atoms with Crippen molar-refractivity contribution in [1.29, 1.82) is 0 Å². The van der Waals surface area contributed by atoms with Gasteiger partial charge in [-0.3, -0.25) is 9.78 Å². The Hall–Kier alpha value is -1.94. The molecule has 0 aromatic carbocycles. The van der Waals surface area contributed by atoms with E-state index in [9.17, 15) is 15.0 Å². The molecule has 0 spiro atoms. The molecule has 2 aromatic rings. The molecule has 0 aliphatic carbocycles. The SMILES string of the molecule is Nc1nc2ccn([C@@H]3O[C@H](CO)[C@@H](O)[C@@H]3O)c2c(=O)[nH]1. The number of anilines is 1. The van der Waals surface area contributed by atoms with Gasteiger partial charge in [-0.05, 0) is 6.07 Å². The fourth-order valence-electron chi connectivity index (χ4n) is 2.42. The molecule has 1 aliphatic heterocycles. The van der Waals surface area contributed by atoms with E-state index >= 15 is 0 Å². The third kappa shape index (κ3) is 1.79. The Morgan fingerprint density at radius 2 is 2.20 bits per heavy atom. The standard InChI is InChI=1S/C11H14N4O5/c12-11-13-4-1-2-15(6(4)9(19)14-11)10-8(18)7(17)5(3-16)20-10/h1-2,5,7-8,10,16-18H,3H2,(H3,12,13,14,19)/t5-,7-,8+,10-/m1/s1. The van der Waals surface area contributed by atoms with E-state index in [1.54, 1.807) is 6.07 Å². The van der Waals surface area contributed by atoms with Crippen LogP contribution < -0.4 is 11.3 Å². The molecule has 0 amide bonds. The lowest BCUT2D eigenvalue weighted by atomic mass is 10.1. The highest BCUT2D eigenvalue weighted by Crippen LogP contribution is 2.31. The first-order valence-corrected chi connectivity index (χ1v) is 6.01. The minimum atomic E-state index is -1.26.